The van der Waals surface area contributed by atoms with E-state index in [-0.39, 0.29) is 23.9 Å². The van der Waals surface area contributed by atoms with E-state index in [1.54, 1.807) is 11.1 Å². The highest BCUT2D eigenvalue weighted by molar-refractivity contribution is 5.83. The van der Waals surface area contributed by atoms with E-state index in [0.29, 0.717) is 19.4 Å². The number of hydrogen-bond acceptors (Lipinski definition) is 3. The third kappa shape index (κ3) is 1.41. The molecule has 0 aliphatic carbocycles. The molecule has 0 radical (unpaired) electrons. The molecule has 0 aromatic heterocycles. The number of hydrogen-bond donors (Lipinski definition) is 0. The van der Waals surface area contributed by atoms with Gasteiger partial charge < -0.3 is 9.64 Å². The molecule has 0 saturated carbocycles. The Morgan fingerprint density at radius 1 is 1.43 bits per heavy atom. The smallest absolute Gasteiger partial charge is 0.306 e. The Hall–Kier alpha value is -1.32. The van der Waals surface area contributed by atoms with Gasteiger partial charge in [-0.3, -0.25) is 9.59 Å². The maximum absolute atomic E-state index is 11.7. The number of rotatable bonds is 2. The maximum Gasteiger partial charge on any atom is 0.306 e. The predicted octanol–water partition coefficient (Wildman–Crippen LogP) is 0.684. The van der Waals surface area contributed by atoms with Crippen LogP contribution < -0.4 is 0 Å². The van der Waals surface area contributed by atoms with E-state index in [0.717, 1.165) is 6.42 Å². The summed E-state index contributed by atoms with van der Waals surface area (Å²) in [5.41, 5.74) is 0. The molecule has 2 aliphatic rings. The molecule has 2 fully saturated rings. The van der Waals surface area contributed by atoms with E-state index in [1.807, 2.05) is 0 Å². The van der Waals surface area contributed by atoms with Crippen molar-refractivity contribution in [2.24, 2.45) is 5.92 Å². The highest BCUT2D eigenvalue weighted by Gasteiger charge is 2.40. The Bertz CT molecular complexity index is 287. The van der Waals surface area contributed by atoms with Crippen LogP contribution in [0.5, 0.6) is 0 Å². The van der Waals surface area contributed by atoms with E-state index >= 15 is 0 Å². The number of nitrogens with zero attached hydrogens (tertiary/aromatic N) is 1. The van der Waals surface area contributed by atoms with Crippen molar-refractivity contribution in [3.05, 3.63) is 12.8 Å². The van der Waals surface area contributed by atoms with Gasteiger partial charge in [-0.1, -0.05) is 6.58 Å². The second-order valence-electron chi connectivity index (χ2n) is 3.68. The molecule has 2 unspecified atom stereocenters. The van der Waals surface area contributed by atoms with E-state index < -0.39 is 0 Å². The zero-order valence-corrected chi connectivity index (χ0v) is 7.94. The summed E-state index contributed by atoms with van der Waals surface area (Å²) in [6, 6.07) is 0. The Kier molecular flexibility index (Phi) is 2.27. The van der Waals surface area contributed by atoms with Crippen LogP contribution in [0.1, 0.15) is 19.3 Å². The number of ether oxygens (including phenoxy) is 1. The van der Waals surface area contributed by atoms with Crippen LogP contribution in [0, 0.1) is 5.92 Å². The van der Waals surface area contributed by atoms with Crippen molar-refractivity contribution < 1.29 is 14.3 Å². The second kappa shape index (κ2) is 3.44. The number of carbonyl (C=O) groups is 2. The first kappa shape index (κ1) is 9.24. The van der Waals surface area contributed by atoms with E-state index in [2.05, 4.69) is 6.58 Å². The summed E-state index contributed by atoms with van der Waals surface area (Å²) in [6.07, 6.45) is 3.24. The number of cyclic esters (lactones) is 1. The van der Waals surface area contributed by atoms with Gasteiger partial charge in [0.25, 0.3) is 0 Å². The maximum atomic E-state index is 11.7. The number of carbonyl (C=O) groups excluding carboxylic acids is 2. The first-order chi connectivity index (χ1) is 6.72. The normalized spacial score (nSPS) is 32.1. The van der Waals surface area contributed by atoms with Gasteiger partial charge in [0, 0.05) is 13.0 Å². The lowest BCUT2D eigenvalue weighted by Gasteiger charge is -2.15. The lowest BCUT2D eigenvalue weighted by molar-refractivity contribution is -0.145. The van der Waals surface area contributed by atoms with E-state index in [9.17, 15) is 9.59 Å². The summed E-state index contributed by atoms with van der Waals surface area (Å²) >= 11 is 0. The summed E-state index contributed by atoms with van der Waals surface area (Å²) in [5.74, 6) is -0.279. The molecule has 0 aromatic carbocycles. The van der Waals surface area contributed by atoms with Gasteiger partial charge in [-0.05, 0) is 19.0 Å². The van der Waals surface area contributed by atoms with Gasteiger partial charge in [0.05, 0.1) is 5.92 Å². The fourth-order valence-electron chi connectivity index (χ4n) is 2.08. The van der Waals surface area contributed by atoms with Crippen LogP contribution in [0.3, 0.4) is 0 Å². The van der Waals surface area contributed by atoms with Crippen molar-refractivity contribution in [3.8, 4) is 0 Å². The average Bonchev–Trinajstić information content (AvgIpc) is 2.72. The molecular weight excluding hydrogens is 182 g/mol. The molecule has 14 heavy (non-hydrogen) atoms. The first-order valence-electron chi connectivity index (χ1n) is 4.85. The predicted molar refractivity (Wildman–Crippen MR) is 49.1 cm³/mol. The third-order valence-electron chi connectivity index (χ3n) is 2.87. The van der Waals surface area contributed by atoms with E-state index in [1.165, 1.54) is 0 Å². The highest BCUT2D eigenvalue weighted by Crippen LogP contribution is 2.29. The average molecular weight is 195 g/mol. The largest absolute Gasteiger partial charge is 0.461 e. The molecule has 4 heteroatoms. The van der Waals surface area contributed by atoms with Crippen LogP contribution in [0.4, 0.5) is 0 Å². The lowest BCUT2D eigenvalue weighted by atomic mass is 9.99. The van der Waals surface area contributed by atoms with Gasteiger partial charge in [-0.2, -0.15) is 0 Å². The van der Waals surface area contributed by atoms with Crippen molar-refractivity contribution in [3.63, 3.8) is 0 Å². The van der Waals surface area contributed by atoms with Crippen molar-refractivity contribution >= 4 is 11.9 Å². The molecule has 2 saturated heterocycles. The molecule has 2 heterocycles. The molecule has 0 spiro atoms. The van der Waals surface area contributed by atoms with Crippen LogP contribution in [0.2, 0.25) is 0 Å². The molecule has 2 rings (SSSR count). The Balaban J connectivity index is 2.03. The molecule has 2 atom stereocenters. The van der Waals surface area contributed by atoms with Gasteiger partial charge >= 0.3 is 5.97 Å². The monoisotopic (exact) mass is 195 g/mol. The molecule has 2 aliphatic heterocycles. The molecule has 4 nitrogen and oxygen atoms in total. The Morgan fingerprint density at radius 2 is 2.21 bits per heavy atom. The minimum atomic E-state index is -0.194. The first-order valence-corrected chi connectivity index (χ1v) is 4.85. The zero-order chi connectivity index (χ0) is 10.1. The van der Waals surface area contributed by atoms with Gasteiger partial charge in [-0.15, -0.1) is 0 Å². The number of esters is 1. The van der Waals surface area contributed by atoms with Crippen LogP contribution in [0.25, 0.3) is 0 Å². The lowest BCUT2D eigenvalue weighted by Crippen LogP contribution is -2.29. The van der Waals surface area contributed by atoms with Crippen LogP contribution in [0.15, 0.2) is 12.8 Å². The summed E-state index contributed by atoms with van der Waals surface area (Å²) in [6.45, 7) is 4.26. The molecule has 0 N–H and O–H groups in total. The topological polar surface area (TPSA) is 46.6 Å². The van der Waals surface area contributed by atoms with Crippen molar-refractivity contribution in [1.29, 1.82) is 0 Å². The molecule has 1 amide bonds. The quantitative estimate of drug-likeness (QED) is 0.609. The zero-order valence-electron chi connectivity index (χ0n) is 7.94. The Labute approximate surface area is 82.5 Å². The highest BCUT2D eigenvalue weighted by atomic mass is 16.5. The van der Waals surface area contributed by atoms with Crippen molar-refractivity contribution in [2.75, 3.05) is 6.54 Å². The summed E-state index contributed by atoms with van der Waals surface area (Å²) in [7, 11) is 0. The number of likely N-dealkylation sites (tertiary alicyclic amines) is 1. The molecular formula is C10H13NO3. The van der Waals surface area contributed by atoms with Gasteiger partial charge in [0.15, 0.2) is 0 Å². The SMILES string of the molecule is C=CN1CCC(C2CCC(=O)O2)C1=O. The molecule has 0 aromatic rings. The standard InChI is InChI=1S/C10H13NO3/c1-2-11-6-5-7(10(11)13)8-3-4-9(12)14-8/h2,7-8H,1,3-6H2. The number of amides is 1. The van der Waals surface area contributed by atoms with Crippen molar-refractivity contribution in [1.82, 2.24) is 4.90 Å². The van der Waals surface area contributed by atoms with Gasteiger partial charge in [0.1, 0.15) is 6.10 Å². The summed E-state index contributed by atoms with van der Waals surface area (Å²) in [4.78, 5) is 24.2. The third-order valence-corrected chi connectivity index (χ3v) is 2.87. The van der Waals surface area contributed by atoms with Crippen molar-refractivity contribution in [2.45, 2.75) is 25.4 Å². The fraction of sp³-hybridized carbons (Fsp3) is 0.600. The minimum absolute atomic E-state index is 0.0414. The van der Waals surface area contributed by atoms with Crippen LogP contribution in [-0.2, 0) is 14.3 Å². The molecule has 76 valence electrons. The summed E-state index contributed by atoms with van der Waals surface area (Å²) < 4.78 is 5.09. The molecule has 0 bridgehead atoms. The van der Waals surface area contributed by atoms with Crippen LogP contribution in [-0.4, -0.2) is 29.4 Å². The van der Waals surface area contributed by atoms with Gasteiger partial charge in [-0.25, -0.2) is 0 Å². The van der Waals surface area contributed by atoms with Crippen LogP contribution >= 0.6 is 0 Å². The van der Waals surface area contributed by atoms with Gasteiger partial charge in [0.2, 0.25) is 5.91 Å². The van der Waals surface area contributed by atoms with E-state index in [4.69, 9.17) is 4.74 Å². The second-order valence-corrected chi connectivity index (χ2v) is 3.68. The Morgan fingerprint density at radius 3 is 2.71 bits per heavy atom. The summed E-state index contributed by atoms with van der Waals surface area (Å²) in [5, 5.41) is 0. The minimum Gasteiger partial charge on any atom is -0.461 e. The fourth-order valence-corrected chi connectivity index (χ4v) is 2.08.